The molecule has 3 aromatic rings. The van der Waals surface area contributed by atoms with Crippen molar-refractivity contribution in [3.63, 3.8) is 0 Å². The van der Waals surface area contributed by atoms with Gasteiger partial charge < -0.3 is 9.42 Å². The quantitative estimate of drug-likeness (QED) is 0.662. The fourth-order valence-corrected chi connectivity index (χ4v) is 4.54. The summed E-state index contributed by atoms with van der Waals surface area (Å²) in [5.41, 5.74) is 3.36. The third-order valence-corrected chi connectivity index (χ3v) is 6.17. The van der Waals surface area contributed by atoms with Crippen LogP contribution in [0, 0.1) is 5.92 Å². The SMILES string of the molecule is O=C(C1CCN(Cc2nc(-c3ccccc3)no2)CC1)N1CCCc2ccccc21. The van der Waals surface area contributed by atoms with Crippen LogP contribution in [-0.4, -0.2) is 40.6 Å². The van der Waals surface area contributed by atoms with E-state index in [9.17, 15) is 4.79 Å². The zero-order valence-electron chi connectivity index (χ0n) is 17.0. The Labute approximate surface area is 176 Å². The van der Waals surface area contributed by atoms with Crippen molar-refractivity contribution in [1.82, 2.24) is 15.0 Å². The Bertz CT molecular complexity index is 1010. The van der Waals surface area contributed by atoms with Crippen LogP contribution < -0.4 is 4.90 Å². The number of aromatic nitrogens is 2. The van der Waals surface area contributed by atoms with Crippen LogP contribution in [0.5, 0.6) is 0 Å². The van der Waals surface area contributed by atoms with Crippen LogP contribution in [0.1, 0.15) is 30.7 Å². The number of amides is 1. The van der Waals surface area contributed by atoms with Gasteiger partial charge in [0.05, 0.1) is 6.54 Å². The van der Waals surface area contributed by atoms with E-state index in [-0.39, 0.29) is 11.8 Å². The van der Waals surface area contributed by atoms with Gasteiger partial charge in [-0.3, -0.25) is 9.69 Å². The van der Waals surface area contributed by atoms with Gasteiger partial charge in [0, 0.05) is 23.7 Å². The van der Waals surface area contributed by atoms with Gasteiger partial charge in [0.2, 0.25) is 17.6 Å². The molecule has 154 valence electrons. The molecule has 0 atom stereocenters. The maximum absolute atomic E-state index is 13.2. The van der Waals surface area contributed by atoms with E-state index >= 15 is 0 Å². The third kappa shape index (κ3) is 3.87. The average molecular weight is 402 g/mol. The van der Waals surface area contributed by atoms with Crippen LogP contribution >= 0.6 is 0 Å². The molecule has 0 unspecified atom stereocenters. The van der Waals surface area contributed by atoms with Gasteiger partial charge >= 0.3 is 0 Å². The predicted octanol–water partition coefficient (Wildman–Crippen LogP) is 3.93. The zero-order chi connectivity index (χ0) is 20.3. The summed E-state index contributed by atoms with van der Waals surface area (Å²) < 4.78 is 5.45. The van der Waals surface area contributed by atoms with Crippen molar-refractivity contribution in [2.45, 2.75) is 32.2 Å². The number of piperidine rings is 1. The molecule has 1 fully saturated rings. The second-order valence-corrected chi connectivity index (χ2v) is 8.15. The van der Waals surface area contributed by atoms with Crippen LogP contribution in [0.3, 0.4) is 0 Å². The number of anilines is 1. The number of likely N-dealkylation sites (tertiary alicyclic amines) is 1. The van der Waals surface area contributed by atoms with Gasteiger partial charge in [-0.15, -0.1) is 0 Å². The topological polar surface area (TPSA) is 62.5 Å². The number of hydrogen-bond acceptors (Lipinski definition) is 5. The number of benzene rings is 2. The molecular weight excluding hydrogens is 376 g/mol. The molecular formula is C24H26N4O2. The first-order valence-electron chi connectivity index (χ1n) is 10.8. The fourth-order valence-electron chi connectivity index (χ4n) is 4.54. The van der Waals surface area contributed by atoms with Crippen molar-refractivity contribution in [3.05, 3.63) is 66.1 Å². The Morgan fingerprint density at radius 2 is 1.77 bits per heavy atom. The highest BCUT2D eigenvalue weighted by molar-refractivity contribution is 5.96. The lowest BCUT2D eigenvalue weighted by Crippen LogP contribution is -2.44. The molecule has 0 aliphatic carbocycles. The Kier molecular flexibility index (Phi) is 5.32. The summed E-state index contributed by atoms with van der Waals surface area (Å²) >= 11 is 0. The predicted molar refractivity (Wildman–Crippen MR) is 115 cm³/mol. The van der Waals surface area contributed by atoms with Crippen LogP contribution in [0.15, 0.2) is 59.1 Å². The second kappa shape index (κ2) is 8.40. The number of nitrogens with zero attached hydrogens (tertiary/aromatic N) is 4. The summed E-state index contributed by atoms with van der Waals surface area (Å²) in [7, 11) is 0. The minimum Gasteiger partial charge on any atom is -0.338 e. The number of carbonyl (C=O) groups excluding carboxylic acids is 1. The van der Waals surface area contributed by atoms with E-state index in [1.807, 2.05) is 41.3 Å². The molecule has 2 aliphatic heterocycles. The minimum absolute atomic E-state index is 0.0926. The summed E-state index contributed by atoms with van der Waals surface area (Å²) in [6.07, 6.45) is 3.85. The van der Waals surface area contributed by atoms with Crippen LogP contribution in [0.25, 0.3) is 11.4 Å². The van der Waals surface area contributed by atoms with E-state index in [4.69, 9.17) is 4.52 Å². The van der Waals surface area contributed by atoms with Crippen LogP contribution in [0.2, 0.25) is 0 Å². The highest BCUT2D eigenvalue weighted by Gasteiger charge is 2.31. The standard InChI is InChI=1S/C24H26N4O2/c29-24(28-14-6-10-18-7-4-5-11-21(18)28)20-12-15-27(16-13-20)17-22-25-23(26-30-22)19-8-2-1-3-9-19/h1-5,7-9,11,20H,6,10,12-17H2. The first kappa shape index (κ1) is 19.0. The van der Waals surface area contributed by atoms with Crippen molar-refractivity contribution >= 4 is 11.6 Å². The summed E-state index contributed by atoms with van der Waals surface area (Å²) in [5.74, 6) is 1.63. The van der Waals surface area contributed by atoms with Crippen molar-refractivity contribution in [2.24, 2.45) is 5.92 Å². The zero-order valence-corrected chi connectivity index (χ0v) is 17.0. The largest absolute Gasteiger partial charge is 0.338 e. The number of hydrogen-bond donors (Lipinski definition) is 0. The summed E-state index contributed by atoms with van der Waals surface area (Å²) in [5, 5.41) is 4.10. The van der Waals surface area contributed by atoms with Crippen LogP contribution in [0.4, 0.5) is 5.69 Å². The maximum atomic E-state index is 13.2. The molecule has 0 N–H and O–H groups in total. The second-order valence-electron chi connectivity index (χ2n) is 8.15. The smallest absolute Gasteiger partial charge is 0.241 e. The van der Waals surface area contributed by atoms with E-state index in [0.717, 1.165) is 56.6 Å². The number of rotatable bonds is 4. The fraction of sp³-hybridized carbons (Fsp3) is 0.375. The van der Waals surface area contributed by atoms with Gasteiger partial charge in [0.1, 0.15) is 0 Å². The Morgan fingerprint density at radius 3 is 2.60 bits per heavy atom. The number of aryl methyl sites for hydroxylation is 1. The lowest BCUT2D eigenvalue weighted by Gasteiger charge is -2.36. The van der Waals surface area contributed by atoms with Crippen molar-refractivity contribution in [3.8, 4) is 11.4 Å². The lowest BCUT2D eigenvalue weighted by atomic mass is 9.93. The summed E-state index contributed by atoms with van der Waals surface area (Å²) in [6, 6.07) is 18.2. The van der Waals surface area contributed by atoms with E-state index in [0.29, 0.717) is 18.3 Å². The molecule has 3 heterocycles. The highest BCUT2D eigenvalue weighted by atomic mass is 16.5. The molecule has 2 aromatic carbocycles. The maximum Gasteiger partial charge on any atom is 0.241 e. The summed E-state index contributed by atoms with van der Waals surface area (Å²) in [6.45, 7) is 3.21. The van der Waals surface area contributed by atoms with Gasteiger partial charge in [-0.25, -0.2) is 0 Å². The summed E-state index contributed by atoms with van der Waals surface area (Å²) in [4.78, 5) is 22.1. The molecule has 30 heavy (non-hydrogen) atoms. The first-order valence-corrected chi connectivity index (χ1v) is 10.8. The first-order chi connectivity index (χ1) is 14.8. The third-order valence-electron chi connectivity index (χ3n) is 6.17. The monoisotopic (exact) mass is 402 g/mol. The molecule has 2 aliphatic rings. The van der Waals surface area contributed by atoms with Gasteiger partial charge in [0.25, 0.3) is 0 Å². The van der Waals surface area contributed by atoms with Crippen LogP contribution in [-0.2, 0) is 17.8 Å². The Hall–Kier alpha value is -2.99. The van der Waals surface area contributed by atoms with Gasteiger partial charge in [0.15, 0.2) is 0 Å². The van der Waals surface area contributed by atoms with Crippen molar-refractivity contribution in [2.75, 3.05) is 24.5 Å². The normalized spacial score (nSPS) is 17.7. The van der Waals surface area contributed by atoms with Crippen molar-refractivity contribution < 1.29 is 9.32 Å². The Morgan fingerprint density at radius 1 is 1.00 bits per heavy atom. The lowest BCUT2D eigenvalue weighted by molar-refractivity contribution is -0.124. The van der Waals surface area contributed by atoms with E-state index in [2.05, 4.69) is 33.2 Å². The molecule has 5 rings (SSSR count). The molecule has 0 saturated carbocycles. The average Bonchev–Trinajstić information content (AvgIpc) is 3.28. The molecule has 1 aromatic heterocycles. The molecule has 0 bridgehead atoms. The molecule has 0 spiro atoms. The molecule has 1 saturated heterocycles. The van der Waals surface area contributed by atoms with E-state index < -0.39 is 0 Å². The molecule has 0 radical (unpaired) electrons. The number of carbonyl (C=O) groups is 1. The highest BCUT2D eigenvalue weighted by Crippen LogP contribution is 2.30. The Balaban J connectivity index is 1.18. The minimum atomic E-state index is 0.0926. The van der Waals surface area contributed by atoms with Crippen molar-refractivity contribution in [1.29, 1.82) is 0 Å². The molecule has 6 heteroatoms. The van der Waals surface area contributed by atoms with Gasteiger partial charge in [-0.05, 0) is 50.4 Å². The van der Waals surface area contributed by atoms with E-state index in [1.54, 1.807) is 0 Å². The van der Waals surface area contributed by atoms with E-state index in [1.165, 1.54) is 5.56 Å². The number of para-hydroxylation sites is 1. The van der Waals surface area contributed by atoms with Gasteiger partial charge in [-0.1, -0.05) is 53.7 Å². The molecule has 6 nitrogen and oxygen atoms in total. The number of fused-ring (bicyclic) bond motifs is 1. The van der Waals surface area contributed by atoms with Gasteiger partial charge in [-0.2, -0.15) is 4.98 Å². The molecule has 1 amide bonds.